The molecule has 1 aromatic carbocycles. The monoisotopic (exact) mass is 251 g/mol. The van der Waals surface area contributed by atoms with Crippen molar-refractivity contribution in [3.8, 4) is 0 Å². The highest BCUT2D eigenvalue weighted by Gasteiger charge is 2.29. The number of rotatable bonds is 2. The molecule has 0 fully saturated rings. The molecule has 0 unspecified atom stereocenters. The van der Waals surface area contributed by atoms with Crippen molar-refractivity contribution in [2.75, 3.05) is 12.0 Å². The summed E-state index contributed by atoms with van der Waals surface area (Å²) in [6.45, 7) is 7.70. The van der Waals surface area contributed by atoms with Gasteiger partial charge in [0, 0.05) is 5.69 Å². The highest BCUT2D eigenvalue weighted by atomic mass is 19.4. The zero-order valence-electron chi connectivity index (χ0n) is 10.6. The van der Waals surface area contributed by atoms with Crippen LogP contribution in [0.2, 0.25) is 0 Å². The Hall–Kier alpha value is -1.23. The Balaban J connectivity index is 0. The minimum Gasteiger partial charge on any atom is -0.377 e. The molecule has 1 rings (SSSR count). The van der Waals surface area contributed by atoms with Gasteiger partial charge in [-0.25, -0.2) is 0 Å². The molecule has 0 atom stereocenters. The summed E-state index contributed by atoms with van der Waals surface area (Å²) in [4.78, 5) is 0. The number of hydrogen-bond acceptors (Lipinski definition) is 2. The average Bonchev–Trinajstić information content (AvgIpc) is 2.34. The largest absolute Gasteiger partial charge is 0.416 e. The molecule has 0 bridgehead atoms. The second kappa shape index (κ2) is 9.96. The van der Waals surface area contributed by atoms with E-state index in [0.717, 1.165) is 12.1 Å². The number of benzene rings is 1. The van der Waals surface area contributed by atoms with Gasteiger partial charge < -0.3 is 10.4 Å². The van der Waals surface area contributed by atoms with Crippen LogP contribution in [0.5, 0.6) is 0 Å². The van der Waals surface area contributed by atoms with Crippen molar-refractivity contribution in [1.82, 2.24) is 0 Å². The molecule has 17 heavy (non-hydrogen) atoms. The van der Waals surface area contributed by atoms with Gasteiger partial charge in [0.15, 0.2) is 0 Å². The van der Waals surface area contributed by atoms with Crippen LogP contribution in [-0.2, 0) is 6.18 Å². The number of aliphatic hydroxyl groups is 1. The summed E-state index contributed by atoms with van der Waals surface area (Å²) < 4.78 is 36.1. The summed E-state index contributed by atoms with van der Waals surface area (Å²) in [5.41, 5.74) is -0.244. The fourth-order valence-corrected chi connectivity index (χ4v) is 0.868. The van der Waals surface area contributed by atoms with E-state index >= 15 is 0 Å². The molecule has 5 heteroatoms. The molecular weight excluding hydrogens is 231 g/mol. The van der Waals surface area contributed by atoms with Crippen LogP contribution in [-0.4, -0.2) is 11.8 Å². The highest BCUT2D eigenvalue weighted by molar-refractivity contribution is 5.44. The van der Waals surface area contributed by atoms with Crippen LogP contribution < -0.4 is 5.32 Å². The third kappa shape index (κ3) is 7.63. The molecule has 0 aliphatic rings. The van der Waals surface area contributed by atoms with E-state index in [-0.39, 0.29) is 6.73 Å². The van der Waals surface area contributed by atoms with Gasteiger partial charge in [-0.2, -0.15) is 13.2 Å². The first-order valence-electron chi connectivity index (χ1n) is 5.56. The normalized spacial score (nSPS) is 9.41. The summed E-state index contributed by atoms with van der Waals surface area (Å²) in [5, 5.41) is 10.9. The molecule has 2 N–H and O–H groups in total. The molecule has 0 saturated heterocycles. The lowest BCUT2D eigenvalue weighted by molar-refractivity contribution is -0.137. The Labute approximate surface area is 100 Å². The van der Waals surface area contributed by atoms with Crippen LogP contribution in [0.25, 0.3) is 0 Å². The third-order valence-corrected chi connectivity index (χ3v) is 1.50. The zero-order valence-corrected chi connectivity index (χ0v) is 10.6. The quantitative estimate of drug-likeness (QED) is 0.775. The summed E-state index contributed by atoms with van der Waals surface area (Å²) in [5.74, 6) is 0. The second-order valence-corrected chi connectivity index (χ2v) is 2.41. The van der Waals surface area contributed by atoms with E-state index in [1.807, 2.05) is 27.7 Å². The molecule has 0 saturated carbocycles. The fourth-order valence-electron chi connectivity index (χ4n) is 0.868. The van der Waals surface area contributed by atoms with Crippen LogP contribution in [0.1, 0.15) is 33.3 Å². The van der Waals surface area contributed by atoms with Gasteiger partial charge in [0.1, 0.15) is 6.73 Å². The molecule has 0 aromatic heterocycles. The summed E-state index contributed by atoms with van der Waals surface area (Å²) in [6.07, 6.45) is -4.31. The maximum Gasteiger partial charge on any atom is 0.416 e. The van der Waals surface area contributed by atoms with Gasteiger partial charge in [-0.15, -0.1) is 0 Å². The predicted octanol–water partition coefficient (Wildman–Crippen LogP) is 4.12. The Morgan fingerprint density at radius 2 is 1.41 bits per heavy atom. The smallest absolute Gasteiger partial charge is 0.377 e. The van der Waals surface area contributed by atoms with Crippen molar-refractivity contribution >= 4 is 5.69 Å². The number of hydrogen-bond donors (Lipinski definition) is 2. The number of nitrogens with one attached hydrogen (secondary N) is 1. The molecule has 0 spiro atoms. The Morgan fingerprint density at radius 1 is 1.00 bits per heavy atom. The molecule has 100 valence electrons. The first-order valence-corrected chi connectivity index (χ1v) is 5.56. The minimum atomic E-state index is -4.31. The van der Waals surface area contributed by atoms with Crippen molar-refractivity contribution in [3.63, 3.8) is 0 Å². The molecule has 1 aromatic rings. The van der Waals surface area contributed by atoms with E-state index in [4.69, 9.17) is 5.11 Å². The van der Waals surface area contributed by atoms with Crippen LogP contribution in [0, 0.1) is 0 Å². The van der Waals surface area contributed by atoms with E-state index in [1.165, 1.54) is 12.1 Å². The maximum atomic E-state index is 12.0. The lowest BCUT2D eigenvalue weighted by Crippen LogP contribution is -2.05. The molecule has 0 aliphatic carbocycles. The lowest BCUT2D eigenvalue weighted by Gasteiger charge is -2.07. The van der Waals surface area contributed by atoms with E-state index < -0.39 is 11.7 Å². The topological polar surface area (TPSA) is 32.3 Å². The summed E-state index contributed by atoms with van der Waals surface area (Å²) >= 11 is 0. The van der Waals surface area contributed by atoms with Crippen LogP contribution in [0.4, 0.5) is 18.9 Å². The molecule has 0 radical (unpaired) electrons. The van der Waals surface area contributed by atoms with Crippen LogP contribution in [0.15, 0.2) is 24.3 Å². The van der Waals surface area contributed by atoms with Gasteiger partial charge >= 0.3 is 6.18 Å². The number of halogens is 3. The number of aliphatic hydroxyl groups excluding tert-OH is 1. The Morgan fingerprint density at radius 3 is 1.71 bits per heavy atom. The SMILES string of the molecule is CC.CC.OCNc1ccc(C(F)(F)F)cc1. The molecule has 0 heterocycles. The minimum absolute atomic E-state index is 0.300. The lowest BCUT2D eigenvalue weighted by atomic mass is 10.2. The maximum absolute atomic E-state index is 12.0. The first-order chi connectivity index (χ1) is 8.04. The van der Waals surface area contributed by atoms with Crippen molar-refractivity contribution in [3.05, 3.63) is 29.8 Å². The average molecular weight is 251 g/mol. The number of alkyl halides is 3. The van der Waals surface area contributed by atoms with Gasteiger partial charge in [-0.1, -0.05) is 27.7 Å². The first kappa shape index (κ1) is 18.1. The van der Waals surface area contributed by atoms with Gasteiger partial charge in [0.05, 0.1) is 5.56 Å². The van der Waals surface area contributed by atoms with Crippen molar-refractivity contribution in [2.24, 2.45) is 0 Å². The van der Waals surface area contributed by atoms with Gasteiger partial charge in [-0.05, 0) is 24.3 Å². The van der Waals surface area contributed by atoms with Gasteiger partial charge in [0.2, 0.25) is 0 Å². The van der Waals surface area contributed by atoms with E-state index in [9.17, 15) is 13.2 Å². The summed E-state index contributed by atoms with van der Waals surface area (Å²) in [6, 6.07) is 4.44. The van der Waals surface area contributed by atoms with Crippen LogP contribution >= 0.6 is 0 Å². The zero-order chi connectivity index (χ0) is 13.9. The van der Waals surface area contributed by atoms with E-state index in [2.05, 4.69) is 5.32 Å². The molecule has 2 nitrogen and oxygen atoms in total. The van der Waals surface area contributed by atoms with Crippen molar-refractivity contribution in [1.29, 1.82) is 0 Å². The standard InChI is InChI=1S/C8H8F3NO.2C2H6/c9-8(10,11)6-1-3-7(4-2-6)12-5-13;2*1-2/h1-4,12-13H,5H2;2*1-2H3. The Bertz CT molecular complexity index is 270. The van der Waals surface area contributed by atoms with Crippen molar-refractivity contribution in [2.45, 2.75) is 33.9 Å². The van der Waals surface area contributed by atoms with E-state index in [1.54, 1.807) is 0 Å². The second-order valence-electron chi connectivity index (χ2n) is 2.41. The van der Waals surface area contributed by atoms with Crippen molar-refractivity contribution < 1.29 is 18.3 Å². The molecular formula is C12H20F3NO. The third-order valence-electron chi connectivity index (χ3n) is 1.50. The predicted molar refractivity (Wildman–Crippen MR) is 64.8 cm³/mol. The number of anilines is 1. The van der Waals surface area contributed by atoms with Gasteiger partial charge in [-0.3, -0.25) is 0 Å². The highest BCUT2D eigenvalue weighted by Crippen LogP contribution is 2.29. The summed E-state index contributed by atoms with van der Waals surface area (Å²) in [7, 11) is 0. The molecule has 0 amide bonds. The van der Waals surface area contributed by atoms with Gasteiger partial charge in [0.25, 0.3) is 0 Å². The van der Waals surface area contributed by atoms with Crippen LogP contribution in [0.3, 0.4) is 0 Å². The molecule has 0 aliphatic heterocycles. The Kier molecular flexibility index (Phi) is 10.6. The fraction of sp³-hybridized carbons (Fsp3) is 0.500. The van der Waals surface area contributed by atoms with E-state index in [0.29, 0.717) is 5.69 Å².